The second-order valence-corrected chi connectivity index (χ2v) is 3.65. The number of hydrogen-bond acceptors (Lipinski definition) is 4. The van der Waals surface area contributed by atoms with Crippen molar-refractivity contribution in [1.29, 1.82) is 0 Å². The minimum Gasteiger partial charge on any atom is -0.259 e. The molecule has 0 atom stereocenters. The van der Waals surface area contributed by atoms with Crippen LogP contribution in [0.3, 0.4) is 0 Å². The number of nitrogens with zero attached hydrogens (tertiary/aromatic N) is 4. The average Bonchev–Trinajstić information content (AvgIpc) is 2.18. The van der Waals surface area contributed by atoms with Gasteiger partial charge >= 0.3 is 0 Å². The fourth-order valence-electron chi connectivity index (χ4n) is 0.939. The van der Waals surface area contributed by atoms with Crippen LogP contribution in [0.15, 0.2) is 29.4 Å². The normalized spacial score (nSPS) is 10.1. The molecule has 0 saturated carbocycles. The van der Waals surface area contributed by atoms with Crippen LogP contribution >= 0.6 is 27.5 Å². The predicted molar refractivity (Wildman–Crippen MR) is 55.8 cm³/mol. The third-order valence-corrected chi connectivity index (χ3v) is 2.12. The molecular weight excluding hydrogens is 267 g/mol. The smallest absolute Gasteiger partial charge is 0.148 e. The predicted octanol–water partition coefficient (Wildman–Crippen LogP) is 2.35. The van der Waals surface area contributed by atoms with E-state index >= 15 is 0 Å². The highest BCUT2D eigenvalue weighted by Gasteiger charge is 2.02. The fraction of sp³-hybridized carbons (Fsp3) is 0. The van der Waals surface area contributed by atoms with Gasteiger partial charge in [0.05, 0.1) is 18.1 Å². The molecule has 6 heteroatoms. The lowest BCUT2D eigenvalue weighted by Crippen LogP contribution is -1.90. The minimum absolute atomic E-state index is 0.345. The van der Waals surface area contributed by atoms with Crippen LogP contribution in [0.1, 0.15) is 0 Å². The van der Waals surface area contributed by atoms with E-state index in [4.69, 9.17) is 11.6 Å². The van der Waals surface area contributed by atoms with E-state index in [9.17, 15) is 0 Å². The Balaban J connectivity index is 2.49. The maximum absolute atomic E-state index is 5.71. The zero-order chi connectivity index (χ0) is 9.97. The number of rotatable bonds is 1. The summed E-state index contributed by atoms with van der Waals surface area (Å²) in [4.78, 5) is 16.0. The van der Waals surface area contributed by atoms with Crippen LogP contribution in [0, 0.1) is 0 Å². The first-order valence-corrected chi connectivity index (χ1v) is 4.88. The van der Waals surface area contributed by atoms with Gasteiger partial charge in [0.2, 0.25) is 0 Å². The Labute approximate surface area is 93.5 Å². The summed E-state index contributed by atoms with van der Waals surface area (Å²) in [6, 6.07) is 1.75. The van der Waals surface area contributed by atoms with E-state index in [1.165, 1.54) is 12.5 Å². The summed E-state index contributed by atoms with van der Waals surface area (Å²) in [5.74, 6) is 0. The Morgan fingerprint density at radius 3 is 2.71 bits per heavy atom. The van der Waals surface area contributed by atoms with E-state index in [0.717, 1.165) is 0 Å². The molecule has 0 aliphatic heterocycles. The summed E-state index contributed by atoms with van der Waals surface area (Å²) in [6.45, 7) is 0. The standard InChI is InChI=1S/C8H4BrClN4/c9-7-1-5(12-4-13-7)6-2-11-3-8(10)14-6/h1-4H. The van der Waals surface area contributed by atoms with Gasteiger partial charge in [-0.25, -0.2) is 15.0 Å². The average molecular weight is 272 g/mol. The van der Waals surface area contributed by atoms with E-state index < -0.39 is 0 Å². The quantitative estimate of drug-likeness (QED) is 0.747. The van der Waals surface area contributed by atoms with E-state index in [1.54, 1.807) is 12.3 Å². The molecular formula is C8H4BrClN4. The third-order valence-electron chi connectivity index (χ3n) is 1.50. The highest BCUT2D eigenvalue weighted by Crippen LogP contribution is 2.17. The van der Waals surface area contributed by atoms with Crippen LogP contribution in [0.25, 0.3) is 11.4 Å². The molecule has 0 unspecified atom stereocenters. The molecule has 2 aromatic heterocycles. The summed E-state index contributed by atoms with van der Waals surface area (Å²) in [5, 5.41) is 0.345. The second-order valence-electron chi connectivity index (χ2n) is 2.45. The molecule has 0 aliphatic carbocycles. The largest absolute Gasteiger partial charge is 0.259 e. The molecule has 2 rings (SSSR count). The van der Waals surface area contributed by atoms with E-state index in [1.807, 2.05) is 0 Å². The fourth-order valence-corrected chi connectivity index (χ4v) is 1.40. The first-order chi connectivity index (χ1) is 6.75. The zero-order valence-corrected chi connectivity index (χ0v) is 9.20. The van der Waals surface area contributed by atoms with Gasteiger partial charge in [-0.15, -0.1) is 0 Å². The molecule has 0 saturated heterocycles. The molecule has 2 heterocycles. The van der Waals surface area contributed by atoms with Crippen molar-refractivity contribution in [1.82, 2.24) is 19.9 Å². The number of halogens is 2. The SMILES string of the molecule is Clc1cncc(-c2cc(Br)ncn2)n1. The number of hydrogen-bond donors (Lipinski definition) is 0. The highest BCUT2D eigenvalue weighted by molar-refractivity contribution is 9.10. The van der Waals surface area contributed by atoms with E-state index in [2.05, 4.69) is 35.9 Å². The molecule has 0 radical (unpaired) electrons. The second kappa shape index (κ2) is 3.98. The van der Waals surface area contributed by atoms with Crippen molar-refractivity contribution in [3.8, 4) is 11.4 Å². The Morgan fingerprint density at radius 2 is 2.00 bits per heavy atom. The van der Waals surface area contributed by atoms with Crippen molar-refractivity contribution in [2.45, 2.75) is 0 Å². The minimum atomic E-state index is 0.345. The van der Waals surface area contributed by atoms with Gasteiger partial charge in [-0.3, -0.25) is 4.98 Å². The van der Waals surface area contributed by atoms with Gasteiger partial charge in [0.25, 0.3) is 0 Å². The molecule has 0 aromatic carbocycles. The van der Waals surface area contributed by atoms with Gasteiger partial charge in [-0.05, 0) is 22.0 Å². The highest BCUT2D eigenvalue weighted by atomic mass is 79.9. The Bertz CT molecular complexity index is 419. The van der Waals surface area contributed by atoms with Crippen LogP contribution in [-0.4, -0.2) is 19.9 Å². The maximum Gasteiger partial charge on any atom is 0.148 e. The molecule has 4 nitrogen and oxygen atoms in total. The van der Waals surface area contributed by atoms with Crippen molar-refractivity contribution in [2.24, 2.45) is 0 Å². The molecule has 70 valence electrons. The lowest BCUT2D eigenvalue weighted by molar-refractivity contribution is 1.11. The van der Waals surface area contributed by atoms with Gasteiger partial charge in [0, 0.05) is 0 Å². The molecule has 0 spiro atoms. The summed E-state index contributed by atoms with van der Waals surface area (Å²) in [5.41, 5.74) is 1.31. The van der Waals surface area contributed by atoms with Crippen LogP contribution in [0.2, 0.25) is 5.15 Å². The molecule has 14 heavy (non-hydrogen) atoms. The van der Waals surface area contributed by atoms with Crippen LogP contribution in [-0.2, 0) is 0 Å². The molecule has 0 bridgehead atoms. The van der Waals surface area contributed by atoms with Crippen molar-refractivity contribution in [3.63, 3.8) is 0 Å². The van der Waals surface area contributed by atoms with Crippen molar-refractivity contribution < 1.29 is 0 Å². The van der Waals surface area contributed by atoms with Gasteiger partial charge in [-0.2, -0.15) is 0 Å². The molecule has 2 aromatic rings. The van der Waals surface area contributed by atoms with Crippen LogP contribution < -0.4 is 0 Å². The third kappa shape index (κ3) is 2.05. The van der Waals surface area contributed by atoms with Crippen LogP contribution in [0.5, 0.6) is 0 Å². The first kappa shape index (κ1) is 9.48. The van der Waals surface area contributed by atoms with Crippen LogP contribution in [0.4, 0.5) is 0 Å². The van der Waals surface area contributed by atoms with Gasteiger partial charge in [-0.1, -0.05) is 11.6 Å². The van der Waals surface area contributed by atoms with Gasteiger partial charge < -0.3 is 0 Å². The maximum atomic E-state index is 5.71. The van der Waals surface area contributed by atoms with Gasteiger partial charge in [0.1, 0.15) is 21.8 Å². The summed E-state index contributed by atoms with van der Waals surface area (Å²) in [6.07, 6.45) is 4.52. The molecule has 0 fully saturated rings. The lowest BCUT2D eigenvalue weighted by atomic mass is 10.3. The van der Waals surface area contributed by atoms with E-state index in [-0.39, 0.29) is 0 Å². The molecule has 0 amide bonds. The Kier molecular flexibility index (Phi) is 2.69. The van der Waals surface area contributed by atoms with Crippen molar-refractivity contribution in [3.05, 3.63) is 34.5 Å². The first-order valence-electron chi connectivity index (χ1n) is 3.71. The lowest BCUT2D eigenvalue weighted by Gasteiger charge is -1.98. The van der Waals surface area contributed by atoms with Gasteiger partial charge in [0.15, 0.2) is 0 Å². The van der Waals surface area contributed by atoms with E-state index in [0.29, 0.717) is 21.1 Å². The monoisotopic (exact) mass is 270 g/mol. The zero-order valence-electron chi connectivity index (χ0n) is 6.85. The topological polar surface area (TPSA) is 51.6 Å². The number of aromatic nitrogens is 4. The molecule has 0 aliphatic rings. The van der Waals surface area contributed by atoms with Crippen molar-refractivity contribution >= 4 is 27.5 Å². The summed E-state index contributed by atoms with van der Waals surface area (Å²) in [7, 11) is 0. The Hall–Kier alpha value is -1.07. The summed E-state index contributed by atoms with van der Waals surface area (Å²) >= 11 is 8.95. The molecule has 0 N–H and O–H groups in total. The van der Waals surface area contributed by atoms with Crippen molar-refractivity contribution in [2.75, 3.05) is 0 Å². The summed E-state index contributed by atoms with van der Waals surface area (Å²) < 4.78 is 0.698. The Morgan fingerprint density at radius 1 is 1.14 bits per heavy atom.